The average molecular weight is 336 g/mol. The van der Waals surface area contributed by atoms with Gasteiger partial charge in [-0.05, 0) is 39.2 Å². The van der Waals surface area contributed by atoms with Crippen molar-refractivity contribution in [2.75, 3.05) is 5.32 Å². The number of amides is 1. The van der Waals surface area contributed by atoms with Crippen molar-refractivity contribution in [3.63, 3.8) is 0 Å². The molecule has 0 heterocycles. The Morgan fingerprint density at radius 2 is 1.90 bits per heavy atom. The lowest BCUT2D eigenvalue weighted by Crippen LogP contribution is -2.14. The van der Waals surface area contributed by atoms with Crippen LogP contribution in [0.3, 0.4) is 0 Å². The summed E-state index contributed by atoms with van der Waals surface area (Å²) in [7, 11) is 0. The maximum absolute atomic E-state index is 11.7. The van der Waals surface area contributed by atoms with Crippen molar-refractivity contribution < 1.29 is 14.6 Å². The van der Waals surface area contributed by atoms with Crippen LogP contribution in [0.5, 0.6) is 0 Å². The highest BCUT2D eigenvalue weighted by molar-refractivity contribution is 9.10. The van der Waals surface area contributed by atoms with Gasteiger partial charge < -0.3 is 9.84 Å². The summed E-state index contributed by atoms with van der Waals surface area (Å²) in [5.74, 6) is 0. The Labute approximate surface area is 125 Å². The van der Waals surface area contributed by atoms with Crippen LogP contribution in [0, 0.1) is 0 Å². The van der Waals surface area contributed by atoms with E-state index < -0.39 is 6.09 Å². The zero-order valence-corrected chi connectivity index (χ0v) is 12.3. The Hall–Kier alpha value is -1.85. The highest BCUT2D eigenvalue weighted by atomic mass is 79.9. The molecular weight excluding hydrogens is 322 g/mol. The van der Waals surface area contributed by atoms with Gasteiger partial charge in [-0.25, -0.2) is 4.79 Å². The van der Waals surface area contributed by atoms with Crippen LogP contribution in [0.15, 0.2) is 53.0 Å². The molecule has 5 heteroatoms. The first-order valence-electron chi connectivity index (χ1n) is 6.06. The van der Waals surface area contributed by atoms with Crippen LogP contribution in [0.1, 0.15) is 11.1 Å². The monoisotopic (exact) mass is 335 g/mol. The Kier molecular flexibility index (Phi) is 5.15. The third kappa shape index (κ3) is 4.08. The fourth-order valence-electron chi connectivity index (χ4n) is 1.64. The van der Waals surface area contributed by atoms with Crippen LogP contribution >= 0.6 is 15.9 Å². The number of ether oxygens (including phenoxy) is 1. The molecule has 0 atom stereocenters. The highest BCUT2D eigenvalue weighted by Gasteiger charge is 2.07. The van der Waals surface area contributed by atoms with Crippen LogP contribution in [0.2, 0.25) is 0 Å². The molecule has 4 nitrogen and oxygen atoms in total. The minimum absolute atomic E-state index is 0.0823. The van der Waals surface area contributed by atoms with Crippen molar-refractivity contribution in [2.45, 2.75) is 13.2 Å². The highest BCUT2D eigenvalue weighted by Crippen LogP contribution is 2.24. The molecule has 0 radical (unpaired) electrons. The molecule has 2 aromatic carbocycles. The molecule has 0 saturated heterocycles. The second kappa shape index (κ2) is 7.07. The van der Waals surface area contributed by atoms with E-state index in [4.69, 9.17) is 9.84 Å². The summed E-state index contributed by atoms with van der Waals surface area (Å²) >= 11 is 3.33. The minimum atomic E-state index is -0.537. The molecule has 0 saturated carbocycles. The number of rotatable bonds is 4. The van der Waals surface area contributed by atoms with Gasteiger partial charge in [-0.3, -0.25) is 5.32 Å². The second-order valence-electron chi connectivity index (χ2n) is 4.16. The van der Waals surface area contributed by atoms with Crippen molar-refractivity contribution in [1.82, 2.24) is 0 Å². The average Bonchev–Trinajstić information content (AvgIpc) is 2.48. The van der Waals surface area contributed by atoms with E-state index in [1.165, 1.54) is 0 Å². The molecule has 104 valence electrons. The number of aliphatic hydroxyl groups is 1. The van der Waals surface area contributed by atoms with E-state index in [9.17, 15) is 4.79 Å². The summed E-state index contributed by atoms with van der Waals surface area (Å²) in [5, 5.41) is 11.7. The fourth-order valence-corrected chi connectivity index (χ4v) is 1.98. The molecular formula is C15H14BrNO3. The Bertz CT molecular complexity index is 587. The molecule has 0 aliphatic rings. The number of hydrogen-bond acceptors (Lipinski definition) is 3. The molecule has 20 heavy (non-hydrogen) atoms. The zero-order chi connectivity index (χ0) is 14.4. The predicted molar refractivity (Wildman–Crippen MR) is 80.3 cm³/mol. The molecule has 1 amide bonds. The molecule has 0 fully saturated rings. The van der Waals surface area contributed by atoms with Crippen LogP contribution < -0.4 is 5.32 Å². The van der Waals surface area contributed by atoms with E-state index in [-0.39, 0.29) is 13.2 Å². The van der Waals surface area contributed by atoms with Crippen molar-refractivity contribution in [1.29, 1.82) is 0 Å². The molecule has 0 spiro atoms. The van der Waals surface area contributed by atoms with Gasteiger partial charge in [0.05, 0.1) is 12.3 Å². The molecule has 2 N–H and O–H groups in total. The first-order valence-corrected chi connectivity index (χ1v) is 6.85. The van der Waals surface area contributed by atoms with Crippen molar-refractivity contribution in [3.05, 3.63) is 64.1 Å². The zero-order valence-electron chi connectivity index (χ0n) is 10.7. The Morgan fingerprint density at radius 1 is 1.15 bits per heavy atom. The standard InChI is InChI=1S/C15H14BrNO3/c16-13-7-6-12(9-18)8-14(13)17-15(19)20-10-11-4-2-1-3-5-11/h1-8,18H,9-10H2,(H,17,19). The molecule has 2 rings (SSSR count). The van der Waals surface area contributed by atoms with Gasteiger partial charge in [0, 0.05) is 4.47 Å². The van der Waals surface area contributed by atoms with Gasteiger partial charge >= 0.3 is 6.09 Å². The maximum Gasteiger partial charge on any atom is 0.411 e. The van der Waals surface area contributed by atoms with E-state index in [0.29, 0.717) is 11.3 Å². The first kappa shape index (κ1) is 14.6. The van der Waals surface area contributed by atoms with Gasteiger partial charge in [-0.15, -0.1) is 0 Å². The molecule has 0 aromatic heterocycles. The van der Waals surface area contributed by atoms with Gasteiger partial charge in [0.15, 0.2) is 0 Å². The molecule has 2 aromatic rings. The summed E-state index contributed by atoms with van der Waals surface area (Å²) in [6.45, 7) is 0.130. The summed E-state index contributed by atoms with van der Waals surface area (Å²) in [4.78, 5) is 11.7. The number of carbonyl (C=O) groups is 1. The van der Waals surface area contributed by atoms with Gasteiger partial charge in [0.25, 0.3) is 0 Å². The lowest BCUT2D eigenvalue weighted by molar-refractivity contribution is 0.155. The van der Waals surface area contributed by atoms with Gasteiger partial charge in [-0.1, -0.05) is 36.4 Å². The smallest absolute Gasteiger partial charge is 0.411 e. The lowest BCUT2D eigenvalue weighted by atomic mass is 10.2. The quantitative estimate of drug-likeness (QED) is 0.895. The normalized spacial score (nSPS) is 10.1. The number of aliphatic hydroxyl groups excluding tert-OH is 1. The number of nitrogens with one attached hydrogen (secondary N) is 1. The van der Waals surface area contributed by atoms with Gasteiger partial charge in [0.1, 0.15) is 6.61 Å². The van der Waals surface area contributed by atoms with Gasteiger partial charge in [0.2, 0.25) is 0 Å². The molecule has 0 aliphatic carbocycles. The molecule has 0 aliphatic heterocycles. The summed E-state index contributed by atoms with van der Waals surface area (Å²) in [6, 6.07) is 14.7. The lowest BCUT2D eigenvalue weighted by Gasteiger charge is -2.09. The van der Waals surface area contributed by atoms with E-state index >= 15 is 0 Å². The van der Waals surface area contributed by atoms with Crippen LogP contribution in [0.4, 0.5) is 10.5 Å². The molecule has 0 unspecified atom stereocenters. The second-order valence-corrected chi connectivity index (χ2v) is 5.01. The SMILES string of the molecule is O=C(Nc1cc(CO)ccc1Br)OCc1ccccc1. The summed E-state index contributed by atoms with van der Waals surface area (Å²) in [6.07, 6.45) is -0.537. The minimum Gasteiger partial charge on any atom is -0.444 e. The maximum atomic E-state index is 11.7. The Morgan fingerprint density at radius 3 is 2.60 bits per heavy atom. The number of anilines is 1. The van der Waals surface area contributed by atoms with E-state index in [1.807, 2.05) is 30.3 Å². The number of halogens is 1. The predicted octanol–water partition coefficient (Wildman–Crippen LogP) is 3.69. The number of carbonyl (C=O) groups excluding carboxylic acids is 1. The summed E-state index contributed by atoms with van der Waals surface area (Å²) in [5.41, 5.74) is 2.20. The Balaban J connectivity index is 1.94. The largest absolute Gasteiger partial charge is 0.444 e. The number of benzene rings is 2. The van der Waals surface area contributed by atoms with Crippen molar-refractivity contribution in [3.8, 4) is 0 Å². The van der Waals surface area contributed by atoms with Crippen LogP contribution in [-0.2, 0) is 18.0 Å². The molecule has 0 bridgehead atoms. The number of hydrogen-bond donors (Lipinski definition) is 2. The topological polar surface area (TPSA) is 58.6 Å². The van der Waals surface area contributed by atoms with Crippen LogP contribution in [-0.4, -0.2) is 11.2 Å². The van der Waals surface area contributed by atoms with Crippen LogP contribution in [0.25, 0.3) is 0 Å². The summed E-state index contributed by atoms with van der Waals surface area (Å²) < 4.78 is 5.86. The fraction of sp³-hybridized carbons (Fsp3) is 0.133. The third-order valence-corrected chi connectivity index (χ3v) is 3.35. The third-order valence-electron chi connectivity index (χ3n) is 2.66. The van der Waals surface area contributed by atoms with E-state index in [2.05, 4.69) is 21.2 Å². The van der Waals surface area contributed by atoms with Crippen molar-refractivity contribution >= 4 is 27.7 Å². The first-order chi connectivity index (χ1) is 9.69. The van der Waals surface area contributed by atoms with Gasteiger partial charge in [-0.2, -0.15) is 0 Å². The van der Waals surface area contributed by atoms with E-state index in [0.717, 1.165) is 10.0 Å². The van der Waals surface area contributed by atoms with Crippen molar-refractivity contribution in [2.24, 2.45) is 0 Å². The van der Waals surface area contributed by atoms with E-state index in [1.54, 1.807) is 18.2 Å².